The zero-order valence-electron chi connectivity index (χ0n) is 8.50. The van der Waals surface area contributed by atoms with Crippen LogP contribution >= 0.6 is 11.6 Å². The van der Waals surface area contributed by atoms with Crippen molar-refractivity contribution in [3.63, 3.8) is 0 Å². The maximum atomic E-state index is 11.9. The summed E-state index contributed by atoms with van der Waals surface area (Å²) in [6.45, 7) is 3.13. The summed E-state index contributed by atoms with van der Waals surface area (Å²) in [5.74, 6) is -0.152. The second-order valence-corrected chi connectivity index (χ2v) is 3.91. The molecule has 0 saturated carbocycles. The minimum atomic E-state index is -0.152. The monoisotopic (exact) mass is 225 g/mol. The number of hydrogen-bond acceptors (Lipinski definition) is 2. The highest BCUT2D eigenvalue weighted by Crippen LogP contribution is 2.22. The maximum Gasteiger partial charge on any atom is 0.278 e. The first-order chi connectivity index (χ1) is 7.20. The van der Waals surface area contributed by atoms with Gasteiger partial charge in [0.15, 0.2) is 0 Å². The van der Waals surface area contributed by atoms with Crippen molar-refractivity contribution in [1.82, 2.24) is 5.06 Å². The van der Waals surface area contributed by atoms with Crippen LogP contribution in [0, 0.1) is 6.92 Å². The molecule has 1 fully saturated rings. The van der Waals surface area contributed by atoms with Crippen molar-refractivity contribution in [3.8, 4) is 0 Å². The summed E-state index contributed by atoms with van der Waals surface area (Å²) >= 11 is 6.06. The van der Waals surface area contributed by atoms with E-state index in [0.717, 1.165) is 12.0 Å². The highest BCUT2D eigenvalue weighted by atomic mass is 35.5. The van der Waals surface area contributed by atoms with Crippen molar-refractivity contribution < 1.29 is 9.63 Å². The summed E-state index contributed by atoms with van der Waals surface area (Å²) in [4.78, 5) is 17.1. The molecule has 1 amide bonds. The van der Waals surface area contributed by atoms with Crippen molar-refractivity contribution in [1.29, 1.82) is 0 Å². The van der Waals surface area contributed by atoms with E-state index >= 15 is 0 Å². The van der Waals surface area contributed by atoms with Gasteiger partial charge in [0.2, 0.25) is 0 Å². The normalized spacial score (nSPS) is 15.7. The summed E-state index contributed by atoms with van der Waals surface area (Å²) in [6, 6.07) is 5.42. The maximum absolute atomic E-state index is 11.9. The number of benzene rings is 1. The van der Waals surface area contributed by atoms with Crippen LogP contribution < -0.4 is 0 Å². The molecular formula is C11H12ClNO2. The van der Waals surface area contributed by atoms with Crippen LogP contribution in [-0.2, 0) is 4.84 Å². The minimum Gasteiger partial charge on any atom is -0.271 e. The Labute approximate surface area is 93.5 Å². The molecular weight excluding hydrogens is 214 g/mol. The third kappa shape index (κ3) is 1.98. The van der Waals surface area contributed by atoms with Crippen LogP contribution in [0.4, 0.5) is 0 Å². The van der Waals surface area contributed by atoms with Gasteiger partial charge in [-0.15, -0.1) is 0 Å². The number of halogens is 1. The fourth-order valence-corrected chi connectivity index (χ4v) is 1.76. The largest absolute Gasteiger partial charge is 0.278 e. The second kappa shape index (κ2) is 4.21. The summed E-state index contributed by atoms with van der Waals surface area (Å²) < 4.78 is 0. The van der Waals surface area contributed by atoms with Crippen LogP contribution in [0.25, 0.3) is 0 Å². The van der Waals surface area contributed by atoms with E-state index in [1.807, 2.05) is 19.1 Å². The molecule has 80 valence electrons. The molecule has 4 heteroatoms. The van der Waals surface area contributed by atoms with Crippen LogP contribution in [0.2, 0.25) is 5.02 Å². The van der Waals surface area contributed by atoms with Gasteiger partial charge in [-0.05, 0) is 25.0 Å². The Bertz CT molecular complexity index is 386. The van der Waals surface area contributed by atoms with Crippen LogP contribution in [0.5, 0.6) is 0 Å². The lowest BCUT2D eigenvalue weighted by atomic mass is 10.1. The zero-order chi connectivity index (χ0) is 10.8. The molecule has 0 N–H and O–H groups in total. The Hall–Kier alpha value is -1.06. The molecule has 1 aromatic carbocycles. The Morgan fingerprint density at radius 1 is 1.53 bits per heavy atom. The lowest BCUT2D eigenvalue weighted by Crippen LogP contribution is -2.26. The van der Waals surface area contributed by atoms with Crippen LogP contribution in [0.3, 0.4) is 0 Å². The van der Waals surface area contributed by atoms with Crippen LogP contribution in [0.1, 0.15) is 22.3 Å². The average molecular weight is 226 g/mol. The molecule has 0 radical (unpaired) electrons. The molecule has 1 aromatic rings. The number of rotatable bonds is 1. The molecule has 1 aliphatic rings. The predicted octanol–water partition coefficient (Wildman–Crippen LogP) is 2.43. The molecule has 3 nitrogen and oxygen atoms in total. The summed E-state index contributed by atoms with van der Waals surface area (Å²) in [5, 5.41) is 1.89. The third-order valence-electron chi connectivity index (χ3n) is 2.40. The van der Waals surface area contributed by atoms with Crippen LogP contribution in [-0.4, -0.2) is 24.1 Å². The molecule has 1 heterocycles. The molecule has 1 aliphatic heterocycles. The first-order valence-corrected chi connectivity index (χ1v) is 5.28. The van der Waals surface area contributed by atoms with E-state index in [2.05, 4.69) is 0 Å². The Morgan fingerprint density at radius 2 is 2.33 bits per heavy atom. The summed E-state index contributed by atoms with van der Waals surface area (Å²) in [7, 11) is 0. The highest BCUT2D eigenvalue weighted by molar-refractivity contribution is 6.34. The van der Waals surface area contributed by atoms with Gasteiger partial charge >= 0.3 is 0 Å². The van der Waals surface area contributed by atoms with Crippen molar-refractivity contribution in [2.24, 2.45) is 0 Å². The van der Waals surface area contributed by atoms with Gasteiger partial charge in [0.25, 0.3) is 5.91 Å². The van der Waals surface area contributed by atoms with Gasteiger partial charge in [-0.1, -0.05) is 23.7 Å². The van der Waals surface area contributed by atoms with Gasteiger partial charge in [-0.2, -0.15) is 0 Å². The first kappa shape index (κ1) is 10.5. The SMILES string of the molecule is Cc1cccc(C(=O)N2CCCO2)c1Cl. The summed E-state index contributed by atoms with van der Waals surface area (Å²) in [5.41, 5.74) is 1.42. The topological polar surface area (TPSA) is 29.5 Å². The van der Waals surface area contributed by atoms with Gasteiger partial charge < -0.3 is 0 Å². The van der Waals surface area contributed by atoms with E-state index in [4.69, 9.17) is 16.4 Å². The lowest BCUT2D eigenvalue weighted by molar-refractivity contribution is -0.0768. The van der Waals surface area contributed by atoms with Gasteiger partial charge in [-0.3, -0.25) is 9.63 Å². The number of carbonyl (C=O) groups is 1. The van der Waals surface area contributed by atoms with Gasteiger partial charge in [0, 0.05) is 0 Å². The highest BCUT2D eigenvalue weighted by Gasteiger charge is 2.22. The minimum absolute atomic E-state index is 0.152. The van der Waals surface area contributed by atoms with Gasteiger partial charge in [-0.25, -0.2) is 5.06 Å². The first-order valence-electron chi connectivity index (χ1n) is 4.90. The van der Waals surface area contributed by atoms with Crippen molar-refractivity contribution in [2.45, 2.75) is 13.3 Å². The van der Waals surface area contributed by atoms with Crippen LogP contribution in [0.15, 0.2) is 18.2 Å². The second-order valence-electron chi connectivity index (χ2n) is 3.53. The molecule has 1 saturated heterocycles. The van der Waals surface area contributed by atoms with Crippen molar-refractivity contribution >= 4 is 17.5 Å². The Kier molecular flexibility index (Phi) is 2.93. The fourth-order valence-electron chi connectivity index (χ4n) is 1.55. The number of nitrogens with zero attached hydrogens (tertiary/aromatic N) is 1. The molecule has 0 aliphatic carbocycles. The average Bonchev–Trinajstić information content (AvgIpc) is 2.74. The summed E-state index contributed by atoms with van der Waals surface area (Å²) in [6.07, 6.45) is 0.884. The number of amides is 1. The van der Waals surface area contributed by atoms with E-state index in [-0.39, 0.29) is 5.91 Å². The number of aryl methyl sites for hydroxylation is 1. The van der Waals surface area contributed by atoms with E-state index in [1.165, 1.54) is 5.06 Å². The van der Waals surface area contributed by atoms with Gasteiger partial charge in [0.05, 0.1) is 23.7 Å². The quantitative estimate of drug-likeness (QED) is 0.735. The van der Waals surface area contributed by atoms with E-state index < -0.39 is 0 Å². The number of hydroxylamine groups is 2. The molecule has 15 heavy (non-hydrogen) atoms. The lowest BCUT2D eigenvalue weighted by Gasteiger charge is -2.15. The van der Waals surface area contributed by atoms with E-state index in [9.17, 15) is 4.79 Å². The molecule has 0 spiro atoms. The standard InChI is InChI=1S/C11H12ClNO2/c1-8-4-2-5-9(10(8)12)11(14)13-6-3-7-15-13/h2,4-5H,3,6-7H2,1H3. The molecule has 2 rings (SSSR count). The predicted molar refractivity (Wildman–Crippen MR) is 57.8 cm³/mol. The Balaban J connectivity index is 2.28. The number of carbonyl (C=O) groups excluding carboxylic acids is 1. The molecule has 0 unspecified atom stereocenters. The van der Waals surface area contributed by atoms with Gasteiger partial charge in [0.1, 0.15) is 0 Å². The Morgan fingerprint density at radius 3 is 3.00 bits per heavy atom. The van der Waals surface area contributed by atoms with E-state index in [1.54, 1.807) is 6.07 Å². The third-order valence-corrected chi connectivity index (χ3v) is 2.90. The smallest absolute Gasteiger partial charge is 0.271 e. The van der Waals surface area contributed by atoms with Crippen molar-refractivity contribution in [2.75, 3.05) is 13.2 Å². The van der Waals surface area contributed by atoms with Crippen molar-refractivity contribution in [3.05, 3.63) is 34.3 Å². The molecule has 0 aromatic heterocycles. The number of hydrogen-bond donors (Lipinski definition) is 0. The zero-order valence-corrected chi connectivity index (χ0v) is 9.25. The fraction of sp³-hybridized carbons (Fsp3) is 0.364. The van der Waals surface area contributed by atoms with E-state index in [0.29, 0.717) is 23.7 Å². The molecule has 0 bridgehead atoms. The molecule has 0 atom stereocenters.